The second-order valence-corrected chi connectivity index (χ2v) is 10.3. The van der Waals surface area contributed by atoms with E-state index in [0.717, 1.165) is 42.4 Å². The Morgan fingerprint density at radius 3 is 2.58 bits per heavy atom. The monoisotopic (exact) mass is 486 g/mol. The fourth-order valence-electron chi connectivity index (χ4n) is 5.59. The number of hydrogen-bond acceptors (Lipinski definition) is 7. The molecule has 5 heterocycles. The largest absolute Gasteiger partial charge is 0.355 e. The molecule has 1 aliphatic carbocycles. The minimum absolute atomic E-state index is 0.0636. The highest BCUT2D eigenvalue weighted by atomic mass is 16.2. The zero-order valence-electron chi connectivity index (χ0n) is 20.6. The summed E-state index contributed by atoms with van der Waals surface area (Å²) in [5.41, 5.74) is 1.78. The molecule has 10 heteroatoms. The van der Waals surface area contributed by atoms with E-state index in [-0.39, 0.29) is 17.9 Å². The summed E-state index contributed by atoms with van der Waals surface area (Å²) < 4.78 is 1.92. The Morgan fingerprint density at radius 2 is 1.92 bits per heavy atom. The smallest absolute Gasteiger partial charge is 0.244 e. The standard InChI is InChI=1S/C26H30N8O2/c1-16(2)33-15-19(14-30-33)17-7-8-21(28-12-17)31-25-29-13-18-11-26(9-10-27-23(26)35)24(36)34(22(18)32-25)20-5-3-4-6-20/h7-8,12-16,20H,3-6,9-11H2,1-2H3,(H,27,35)(H,28,29,31,32)/t26-/m1/s1. The number of nitrogens with one attached hydrogen (secondary N) is 2. The molecule has 6 rings (SSSR count). The lowest BCUT2D eigenvalue weighted by molar-refractivity contribution is -0.140. The molecular formula is C26H30N8O2. The molecule has 3 aliphatic rings. The van der Waals surface area contributed by atoms with Gasteiger partial charge in [-0.3, -0.25) is 19.2 Å². The highest BCUT2D eigenvalue weighted by Crippen LogP contribution is 2.44. The summed E-state index contributed by atoms with van der Waals surface area (Å²) in [6.45, 7) is 4.70. The number of anilines is 3. The molecule has 1 saturated heterocycles. The summed E-state index contributed by atoms with van der Waals surface area (Å²) in [6.07, 6.45) is 12.2. The molecule has 2 fully saturated rings. The van der Waals surface area contributed by atoms with Crippen LogP contribution in [0.1, 0.15) is 57.6 Å². The maximum absolute atomic E-state index is 13.8. The number of carbonyl (C=O) groups excluding carboxylic acids is 2. The molecule has 10 nitrogen and oxygen atoms in total. The topological polar surface area (TPSA) is 118 Å². The van der Waals surface area contributed by atoms with Crippen molar-refractivity contribution in [2.75, 3.05) is 16.8 Å². The van der Waals surface area contributed by atoms with E-state index in [1.54, 1.807) is 17.3 Å². The highest BCUT2D eigenvalue weighted by Gasteiger charge is 2.56. The summed E-state index contributed by atoms with van der Waals surface area (Å²) in [4.78, 5) is 42.1. The van der Waals surface area contributed by atoms with Gasteiger partial charge in [0.25, 0.3) is 0 Å². The van der Waals surface area contributed by atoms with Crippen molar-refractivity contribution in [3.8, 4) is 11.1 Å². The normalized spacial score (nSPS) is 21.9. The van der Waals surface area contributed by atoms with Gasteiger partial charge in [-0.05, 0) is 45.2 Å². The summed E-state index contributed by atoms with van der Waals surface area (Å²) in [5.74, 6) is 1.31. The van der Waals surface area contributed by atoms with Crippen molar-refractivity contribution in [2.45, 2.75) is 64.5 Å². The third-order valence-electron chi connectivity index (χ3n) is 7.62. The van der Waals surface area contributed by atoms with E-state index >= 15 is 0 Å². The van der Waals surface area contributed by atoms with E-state index in [0.29, 0.717) is 43.0 Å². The van der Waals surface area contributed by atoms with Crippen LogP contribution < -0.4 is 15.5 Å². The van der Waals surface area contributed by atoms with Gasteiger partial charge in [0.15, 0.2) is 0 Å². The van der Waals surface area contributed by atoms with Crippen LogP contribution in [0.15, 0.2) is 36.9 Å². The number of nitrogens with zero attached hydrogens (tertiary/aromatic N) is 6. The Bertz CT molecular complexity index is 1310. The fraction of sp³-hybridized carbons (Fsp3) is 0.462. The summed E-state index contributed by atoms with van der Waals surface area (Å²) >= 11 is 0. The third kappa shape index (κ3) is 3.71. The van der Waals surface area contributed by atoms with E-state index in [4.69, 9.17) is 4.98 Å². The SMILES string of the molecule is CC(C)n1cc(-c2ccc(Nc3ncc4c(n3)N(C3CCCC3)C(=O)[C@]3(CCNC3=O)C4)nc2)cn1. The predicted octanol–water partition coefficient (Wildman–Crippen LogP) is 3.40. The van der Waals surface area contributed by atoms with Gasteiger partial charge < -0.3 is 10.6 Å². The van der Waals surface area contributed by atoms with Crippen molar-refractivity contribution in [2.24, 2.45) is 5.41 Å². The van der Waals surface area contributed by atoms with Gasteiger partial charge in [-0.25, -0.2) is 9.97 Å². The Morgan fingerprint density at radius 1 is 1.08 bits per heavy atom. The van der Waals surface area contributed by atoms with Gasteiger partial charge in [0.05, 0.1) is 6.20 Å². The van der Waals surface area contributed by atoms with Crippen LogP contribution in [-0.2, 0) is 16.0 Å². The Kier molecular flexibility index (Phi) is 5.46. The van der Waals surface area contributed by atoms with Crippen molar-refractivity contribution >= 4 is 29.4 Å². The van der Waals surface area contributed by atoms with Crippen LogP contribution in [-0.4, -0.2) is 49.1 Å². The number of rotatable bonds is 5. The van der Waals surface area contributed by atoms with E-state index in [9.17, 15) is 9.59 Å². The molecule has 0 radical (unpaired) electrons. The van der Waals surface area contributed by atoms with Crippen LogP contribution in [0.5, 0.6) is 0 Å². The first-order valence-corrected chi connectivity index (χ1v) is 12.7. The molecule has 1 saturated carbocycles. The average Bonchev–Trinajstić information content (AvgIpc) is 3.64. The molecule has 1 spiro atoms. The molecule has 2 amide bonds. The maximum Gasteiger partial charge on any atom is 0.244 e. The van der Waals surface area contributed by atoms with Crippen LogP contribution in [0.3, 0.4) is 0 Å². The summed E-state index contributed by atoms with van der Waals surface area (Å²) in [7, 11) is 0. The van der Waals surface area contributed by atoms with Crippen molar-refractivity contribution in [1.29, 1.82) is 0 Å². The van der Waals surface area contributed by atoms with Crippen LogP contribution in [0, 0.1) is 5.41 Å². The first kappa shape index (κ1) is 22.6. The zero-order chi connectivity index (χ0) is 24.9. The van der Waals surface area contributed by atoms with Gasteiger partial charge in [-0.2, -0.15) is 10.1 Å². The van der Waals surface area contributed by atoms with E-state index in [1.807, 2.05) is 29.2 Å². The van der Waals surface area contributed by atoms with Gasteiger partial charge in [0, 0.05) is 60.3 Å². The first-order valence-electron chi connectivity index (χ1n) is 12.7. The summed E-state index contributed by atoms with van der Waals surface area (Å²) in [5, 5.41) is 10.4. The van der Waals surface area contributed by atoms with Gasteiger partial charge in [0.1, 0.15) is 17.1 Å². The van der Waals surface area contributed by atoms with Crippen LogP contribution in [0.25, 0.3) is 11.1 Å². The highest BCUT2D eigenvalue weighted by molar-refractivity contribution is 6.14. The molecule has 1 atom stereocenters. The van der Waals surface area contributed by atoms with Crippen molar-refractivity contribution in [3.63, 3.8) is 0 Å². The van der Waals surface area contributed by atoms with Crippen LogP contribution in [0.2, 0.25) is 0 Å². The van der Waals surface area contributed by atoms with Gasteiger partial charge >= 0.3 is 0 Å². The second-order valence-electron chi connectivity index (χ2n) is 10.3. The Balaban J connectivity index is 1.28. The number of aromatic nitrogens is 5. The molecule has 186 valence electrons. The van der Waals surface area contributed by atoms with Crippen LogP contribution >= 0.6 is 0 Å². The lowest BCUT2D eigenvalue weighted by Crippen LogP contribution is -2.56. The van der Waals surface area contributed by atoms with Crippen molar-refractivity contribution in [3.05, 3.63) is 42.5 Å². The second kappa shape index (κ2) is 8.69. The van der Waals surface area contributed by atoms with E-state index in [1.165, 1.54) is 0 Å². The predicted molar refractivity (Wildman–Crippen MR) is 135 cm³/mol. The molecular weight excluding hydrogens is 456 g/mol. The number of amides is 2. The minimum atomic E-state index is -1.03. The molecule has 2 aliphatic heterocycles. The number of pyridine rings is 1. The average molecular weight is 487 g/mol. The molecule has 3 aromatic rings. The molecule has 0 bridgehead atoms. The first-order chi connectivity index (χ1) is 17.4. The zero-order valence-corrected chi connectivity index (χ0v) is 20.6. The lowest BCUT2D eigenvalue weighted by atomic mass is 9.76. The maximum atomic E-state index is 13.8. The van der Waals surface area contributed by atoms with Crippen molar-refractivity contribution in [1.82, 2.24) is 30.0 Å². The van der Waals surface area contributed by atoms with E-state index < -0.39 is 5.41 Å². The Labute approximate surface area is 209 Å². The van der Waals surface area contributed by atoms with E-state index in [2.05, 4.69) is 39.5 Å². The Hall–Kier alpha value is -3.82. The quantitative estimate of drug-likeness (QED) is 0.531. The molecule has 0 aromatic carbocycles. The van der Waals surface area contributed by atoms with Gasteiger partial charge in [-0.1, -0.05) is 12.8 Å². The number of carbonyl (C=O) groups is 2. The van der Waals surface area contributed by atoms with Crippen LogP contribution in [0.4, 0.5) is 17.6 Å². The molecule has 36 heavy (non-hydrogen) atoms. The molecule has 2 N–H and O–H groups in total. The third-order valence-corrected chi connectivity index (χ3v) is 7.62. The molecule has 0 unspecified atom stereocenters. The molecule has 3 aromatic heterocycles. The fourth-order valence-corrected chi connectivity index (χ4v) is 5.59. The van der Waals surface area contributed by atoms with Crippen molar-refractivity contribution < 1.29 is 9.59 Å². The number of fused-ring (bicyclic) bond motifs is 1. The number of hydrogen-bond donors (Lipinski definition) is 2. The summed E-state index contributed by atoms with van der Waals surface area (Å²) in [6, 6.07) is 4.21. The van der Waals surface area contributed by atoms with Gasteiger partial charge in [-0.15, -0.1) is 0 Å². The minimum Gasteiger partial charge on any atom is -0.355 e. The lowest BCUT2D eigenvalue weighted by Gasteiger charge is -2.40. The van der Waals surface area contributed by atoms with Gasteiger partial charge in [0.2, 0.25) is 17.8 Å².